The highest BCUT2D eigenvalue weighted by Crippen LogP contribution is 2.27. The Kier molecular flexibility index (Phi) is 2.39. The average Bonchev–Trinajstić information content (AvgIpc) is 2.66. The summed E-state index contributed by atoms with van der Waals surface area (Å²) in [5, 5.41) is 3.67. The SMILES string of the molecule is Cc1noc(-c2ccccc2N=C=O)n1. The average molecular weight is 201 g/mol. The number of aryl methyl sites for hydroxylation is 1. The predicted octanol–water partition coefficient (Wildman–Crippen LogP) is 2.01. The zero-order chi connectivity index (χ0) is 10.7. The lowest BCUT2D eigenvalue weighted by molar-refractivity contribution is 0.426. The third-order valence-electron chi connectivity index (χ3n) is 1.83. The molecule has 0 fully saturated rings. The standard InChI is InChI=1S/C10H7N3O2/c1-7-12-10(15-13-7)8-4-2-3-5-9(8)11-6-14/h2-5H,1H3. The topological polar surface area (TPSA) is 68.3 Å². The van der Waals surface area contributed by atoms with E-state index in [2.05, 4.69) is 15.1 Å². The summed E-state index contributed by atoms with van der Waals surface area (Å²) in [5.74, 6) is 0.886. The number of hydrogen-bond donors (Lipinski definition) is 0. The van der Waals surface area contributed by atoms with Crippen molar-refractivity contribution in [1.82, 2.24) is 10.1 Å². The predicted molar refractivity (Wildman–Crippen MR) is 52.3 cm³/mol. The highest BCUT2D eigenvalue weighted by molar-refractivity contribution is 5.71. The molecule has 0 aliphatic heterocycles. The maximum absolute atomic E-state index is 10.2. The van der Waals surface area contributed by atoms with Crippen LogP contribution in [0.3, 0.4) is 0 Å². The van der Waals surface area contributed by atoms with Crippen molar-refractivity contribution in [1.29, 1.82) is 0 Å². The summed E-state index contributed by atoms with van der Waals surface area (Å²) >= 11 is 0. The van der Waals surface area contributed by atoms with Crippen molar-refractivity contribution in [3.8, 4) is 11.5 Å². The number of hydrogen-bond acceptors (Lipinski definition) is 5. The number of aliphatic imine (C=N–C) groups is 1. The van der Waals surface area contributed by atoms with Crippen molar-refractivity contribution in [2.24, 2.45) is 4.99 Å². The summed E-state index contributed by atoms with van der Waals surface area (Å²) in [5.41, 5.74) is 1.10. The summed E-state index contributed by atoms with van der Waals surface area (Å²) in [7, 11) is 0. The minimum absolute atomic E-state index is 0.349. The van der Waals surface area contributed by atoms with Crippen LogP contribution in [0, 0.1) is 6.92 Å². The van der Waals surface area contributed by atoms with Crippen molar-refractivity contribution in [3.63, 3.8) is 0 Å². The van der Waals surface area contributed by atoms with Gasteiger partial charge in [-0.3, -0.25) is 0 Å². The van der Waals surface area contributed by atoms with Crippen LogP contribution in [0.15, 0.2) is 33.8 Å². The largest absolute Gasteiger partial charge is 0.334 e. The molecule has 5 nitrogen and oxygen atoms in total. The molecule has 0 saturated carbocycles. The first kappa shape index (κ1) is 9.30. The molecule has 0 aliphatic rings. The van der Waals surface area contributed by atoms with Crippen LogP contribution in [0.25, 0.3) is 11.5 Å². The van der Waals surface area contributed by atoms with Gasteiger partial charge in [0.05, 0.1) is 11.3 Å². The Hall–Kier alpha value is -2.26. The molecule has 1 aromatic carbocycles. The van der Waals surface area contributed by atoms with Crippen LogP contribution >= 0.6 is 0 Å². The second kappa shape index (κ2) is 3.86. The van der Waals surface area contributed by atoms with E-state index in [0.717, 1.165) is 0 Å². The zero-order valence-electron chi connectivity index (χ0n) is 7.97. The number of isocyanates is 1. The van der Waals surface area contributed by atoms with Crippen LogP contribution < -0.4 is 0 Å². The van der Waals surface area contributed by atoms with Gasteiger partial charge in [-0.1, -0.05) is 17.3 Å². The van der Waals surface area contributed by atoms with Gasteiger partial charge in [-0.15, -0.1) is 0 Å². The van der Waals surface area contributed by atoms with Crippen LogP contribution in [-0.2, 0) is 4.79 Å². The molecule has 0 radical (unpaired) electrons. The van der Waals surface area contributed by atoms with Crippen LogP contribution in [0.5, 0.6) is 0 Å². The number of para-hydroxylation sites is 1. The second-order valence-electron chi connectivity index (χ2n) is 2.87. The first-order valence-electron chi connectivity index (χ1n) is 4.29. The number of benzene rings is 1. The van der Waals surface area contributed by atoms with Crippen molar-refractivity contribution in [3.05, 3.63) is 30.1 Å². The first-order chi connectivity index (χ1) is 7.31. The molecule has 0 aliphatic carbocycles. The number of carbonyl (C=O) groups excluding carboxylic acids is 1. The number of aromatic nitrogens is 2. The molecular formula is C10H7N3O2. The molecule has 0 amide bonds. The van der Waals surface area contributed by atoms with E-state index >= 15 is 0 Å². The lowest BCUT2D eigenvalue weighted by Gasteiger charge is -1.96. The van der Waals surface area contributed by atoms with Crippen molar-refractivity contribution >= 4 is 11.8 Å². The Balaban J connectivity index is 2.56. The maximum Gasteiger partial charge on any atom is 0.260 e. The molecule has 1 heterocycles. The van der Waals surface area contributed by atoms with Gasteiger partial charge in [-0.25, -0.2) is 4.79 Å². The van der Waals surface area contributed by atoms with Gasteiger partial charge in [0.25, 0.3) is 5.89 Å². The number of nitrogens with zero attached hydrogens (tertiary/aromatic N) is 3. The monoisotopic (exact) mass is 201 g/mol. The van der Waals surface area contributed by atoms with Crippen molar-refractivity contribution in [2.45, 2.75) is 6.92 Å². The van der Waals surface area contributed by atoms with Gasteiger partial charge < -0.3 is 4.52 Å². The van der Waals surface area contributed by atoms with E-state index in [4.69, 9.17) is 4.52 Å². The molecule has 0 atom stereocenters. The van der Waals surface area contributed by atoms with Gasteiger partial charge in [-0.2, -0.15) is 9.98 Å². The summed E-state index contributed by atoms with van der Waals surface area (Å²) in [6, 6.07) is 7.00. The highest BCUT2D eigenvalue weighted by atomic mass is 16.5. The third kappa shape index (κ3) is 1.82. The van der Waals surface area contributed by atoms with E-state index in [-0.39, 0.29) is 0 Å². The Bertz CT molecular complexity index is 527. The molecule has 5 heteroatoms. The van der Waals surface area contributed by atoms with E-state index in [1.807, 2.05) is 0 Å². The van der Waals surface area contributed by atoms with E-state index in [9.17, 15) is 4.79 Å². The van der Waals surface area contributed by atoms with Crippen molar-refractivity contribution < 1.29 is 9.32 Å². The minimum Gasteiger partial charge on any atom is -0.334 e. The zero-order valence-corrected chi connectivity index (χ0v) is 7.97. The quantitative estimate of drug-likeness (QED) is 0.550. The summed E-state index contributed by atoms with van der Waals surface area (Å²) in [4.78, 5) is 17.8. The normalized spacial score (nSPS) is 9.67. The molecule has 2 aromatic rings. The van der Waals surface area contributed by atoms with Gasteiger partial charge in [0.2, 0.25) is 6.08 Å². The summed E-state index contributed by atoms with van der Waals surface area (Å²) in [6.07, 6.45) is 1.49. The van der Waals surface area contributed by atoms with Crippen LogP contribution in [0.4, 0.5) is 5.69 Å². The fraction of sp³-hybridized carbons (Fsp3) is 0.100. The van der Waals surface area contributed by atoms with Crippen LogP contribution in [-0.4, -0.2) is 16.2 Å². The third-order valence-corrected chi connectivity index (χ3v) is 1.83. The highest BCUT2D eigenvalue weighted by Gasteiger charge is 2.10. The van der Waals surface area contributed by atoms with Gasteiger partial charge in [0.15, 0.2) is 5.82 Å². The van der Waals surface area contributed by atoms with Crippen LogP contribution in [0.1, 0.15) is 5.82 Å². The lowest BCUT2D eigenvalue weighted by atomic mass is 10.2. The summed E-state index contributed by atoms with van der Waals surface area (Å²) < 4.78 is 4.99. The van der Waals surface area contributed by atoms with Crippen molar-refractivity contribution in [2.75, 3.05) is 0 Å². The molecule has 74 valence electrons. The fourth-order valence-corrected chi connectivity index (χ4v) is 1.21. The van der Waals surface area contributed by atoms with E-state index in [1.165, 1.54) is 6.08 Å². The smallest absolute Gasteiger partial charge is 0.260 e. The van der Waals surface area contributed by atoms with E-state index < -0.39 is 0 Å². The Morgan fingerprint density at radius 1 is 1.40 bits per heavy atom. The first-order valence-corrected chi connectivity index (χ1v) is 4.29. The maximum atomic E-state index is 10.2. The van der Waals surface area contributed by atoms with E-state index in [1.54, 1.807) is 31.2 Å². The summed E-state index contributed by atoms with van der Waals surface area (Å²) in [6.45, 7) is 1.72. The van der Waals surface area contributed by atoms with E-state index in [0.29, 0.717) is 23.0 Å². The van der Waals surface area contributed by atoms with Gasteiger partial charge >= 0.3 is 0 Å². The second-order valence-corrected chi connectivity index (χ2v) is 2.87. The molecule has 1 aromatic heterocycles. The Morgan fingerprint density at radius 2 is 2.20 bits per heavy atom. The lowest BCUT2D eigenvalue weighted by Crippen LogP contribution is -1.79. The molecule has 0 N–H and O–H groups in total. The van der Waals surface area contributed by atoms with Crippen LogP contribution in [0.2, 0.25) is 0 Å². The Morgan fingerprint density at radius 3 is 2.87 bits per heavy atom. The van der Waals surface area contributed by atoms with Gasteiger partial charge in [0, 0.05) is 0 Å². The molecule has 15 heavy (non-hydrogen) atoms. The van der Waals surface area contributed by atoms with Gasteiger partial charge in [-0.05, 0) is 19.1 Å². The molecule has 0 bridgehead atoms. The minimum atomic E-state index is 0.349. The molecule has 0 saturated heterocycles. The molecule has 0 spiro atoms. The molecule has 0 unspecified atom stereocenters. The number of rotatable bonds is 2. The van der Waals surface area contributed by atoms with Gasteiger partial charge in [0.1, 0.15) is 0 Å². The fourth-order valence-electron chi connectivity index (χ4n) is 1.21. The Labute approximate surface area is 85.5 Å². The molecule has 2 rings (SSSR count). The molecular weight excluding hydrogens is 194 g/mol.